The Morgan fingerprint density at radius 3 is 2.52 bits per heavy atom. The van der Waals surface area contributed by atoms with Crippen molar-refractivity contribution in [2.24, 2.45) is 0 Å². The predicted molar refractivity (Wildman–Crippen MR) is 112 cm³/mol. The molecule has 0 aliphatic heterocycles. The van der Waals surface area contributed by atoms with Gasteiger partial charge in [0, 0.05) is 24.2 Å². The monoisotopic (exact) mass is 419 g/mol. The lowest BCUT2D eigenvalue weighted by Crippen LogP contribution is -2.29. The van der Waals surface area contributed by atoms with Gasteiger partial charge < -0.3 is 9.84 Å². The molecule has 4 aromatic rings. The first kappa shape index (κ1) is 20.2. The first-order chi connectivity index (χ1) is 15.0. The van der Waals surface area contributed by atoms with Crippen LogP contribution in [0.1, 0.15) is 22.8 Å². The molecule has 4 rings (SSSR count). The van der Waals surface area contributed by atoms with Crippen LogP contribution in [0.15, 0.2) is 65.8 Å². The van der Waals surface area contributed by atoms with Crippen molar-refractivity contribution >= 4 is 17.0 Å². The summed E-state index contributed by atoms with van der Waals surface area (Å²) in [5, 5.41) is 11.0. The van der Waals surface area contributed by atoms with Gasteiger partial charge in [-0.2, -0.15) is 0 Å². The van der Waals surface area contributed by atoms with Gasteiger partial charge in [-0.25, -0.2) is 14.2 Å². The number of halogens is 1. The van der Waals surface area contributed by atoms with Crippen molar-refractivity contribution in [3.05, 3.63) is 88.4 Å². The maximum atomic E-state index is 13.3. The van der Waals surface area contributed by atoms with Crippen LogP contribution in [0, 0.1) is 5.82 Å². The van der Waals surface area contributed by atoms with Gasteiger partial charge in [-0.15, -0.1) is 0 Å². The minimum absolute atomic E-state index is 0.0496. The normalized spacial score (nSPS) is 10.9. The van der Waals surface area contributed by atoms with E-state index in [0.717, 1.165) is 5.56 Å². The molecule has 0 aliphatic carbocycles. The fraction of sp³-hybridized carbons (Fsp3) is 0.130. The van der Waals surface area contributed by atoms with Crippen LogP contribution >= 0.6 is 0 Å². The summed E-state index contributed by atoms with van der Waals surface area (Å²) in [6.07, 6.45) is 4.71. The van der Waals surface area contributed by atoms with E-state index in [0.29, 0.717) is 11.1 Å². The highest BCUT2D eigenvalue weighted by Crippen LogP contribution is 2.30. The Labute approximate surface area is 176 Å². The Morgan fingerprint density at radius 2 is 1.84 bits per heavy atom. The maximum Gasteiger partial charge on any atom is 0.347 e. The zero-order valence-corrected chi connectivity index (χ0v) is 16.6. The molecule has 0 fully saturated rings. The van der Waals surface area contributed by atoms with Gasteiger partial charge in [-0.05, 0) is 48.4 Å². The number of fused-ring (bicyclic) bond motifs is 1. The molecule has 0 saturated carbocycles. The number of aromatic nitrogens is 3. The molecular formula is C23H18FN3O4. The van der Waals surface area contributed by atoms with Crippen LogP contribution in [0.3, 0.4) is 0 Å². The third-order valence-electron chi connectivity index (χ3n) is 4.82. The third-order valence-corrected chi connectivity index (χ3v) is 4.82. The Hall–Kier alpha value is -4.07. The quantitative estimate of drug-likeness (QED) is 0.498. The number of carbonyl (C=O) groups is 1. The van der Waals surface area contributed by atoms with Crippen LogP contribution in [-0.4, -0.2) is 32.2 Å². The Bertz CT molecular complexity index is 1320. The highest BCUT2D eigenvalue weighted by atomic mass is 19.1. The zero-order chi connectivity index (χ0) is 22.0. The standard InChI is InChI=1S/C23H18FN3O4/c1-2-31-23(30)19-20(28)18-11-16(15-3-5-17(24)6-4-15)12-26-21(18)27(22(19)29)13-14-7-9-25-10-8-14/h3-12,28H,2,13H2,1H3. The van der Waals surface area contributed by atoms with Crippen LogP contribution in [0.5, 0.6) is 5.75 Å². The van der Waals surface area contributed by atoms with E-state index in [-0.39, 0.29) is 30.0 Å². The molecule has 0 radical (unpaired) electrons. The maximum absolute atomic E-state index is 13.3. The number of nitrogens with zero attached hydrogens (tertiary/aromatic N) is 3. The molecule has 0 aliphatic rings. The summed E-state index contributed by atoms with van der Waals surface area (Å²) in [4.78, 5) is 33.9. The number of esters is 1. The molecule has 0 spiro atoms. The van der Waals surface area contributed by atoms with E-state index in [1.165, 1.54) is 22.9 Å². The van der Waals surface area contributed by atoms with E-state index in [1.807, 2.05) is 0 Å². The van der Waals surface area contributed by atoms with Crippen molar-refractivity contribution in [3.63, 3.8) is 0 Å². The first-order valence-corrected chi connectivity index (χ1v) is 9.57. The molecule has 0 bridgehead atoms. The van der Waals surface area contributed by atoms with Gasteiger partial charge in [0.25, 0.3) is 5.56 Å². The number of carbonyl (C=O) groups excluding carboxylic acids is 1. The van der Waals surface area contributed by atoms with Crippen LogP contribution in [0.4, 0.5) is 4.39 Å². The van der Waals surface area contributed by atoms with E-state index in [2.05, 4.69) is 9.97 Å². The SMILES string of the molecule is CCOC(=O)c1c(O)c2cc(-c3ccc(F)cc3)cnc2n(Cc2ccncc2)c1=O. The minimum atomic E-state index is -0.914. The highest BCUT2D eigenvalue weighted by molar-refractivity contribution is 5.99. The van der Waals surface area contributed by atoms with Gasteiger partial charge in [-0.3, -0.25) is 14.3 Å². The van der Waals surface area contributed by atoms with Crippen molar-refractivity contribution in [3.8, 4) is 16.9 Å². The number of benzene rings is 1. The molecule has 1 N–H and O–H groups in total. The van der Waals surface area contributed by atoms with Gasteiger partial charge in [0.2, 0.25) is 0 Å². The fourth-order valence-electron chi connectivity index (χ4n) is 3.32. The number of pyridine rings is 3. The molecular weight excluding hydrogens is 401 g/mol. The molecule has 7 nitrogen and oxygen atoms in total. The Morgan fingerprint density at radius 1 is 1.13 bits per heavy atom. The first-order valence-electron chi connectivity index (χ1n) is 9.57. The van der Waals surface area contributed by atoms with Gasteiger partial charge in [-0.1, -0.05) is 12.1 Å². The number of hydrogen-bond donors (Lipinski definition) is 1. The summed E-state index contributed by atoms with van der Waals surface area (Å²) in [6, 6.07) is 10.9. The second-order valence-corrected chi connectivity index (χ2v) is 6.79. The molecule has 8 heteroatoms. The molecule has 1 aromatic carbocycles. The molecule has 3 heterocycles. The number of ether oxygens (including phenoxy) is 1. The van der Waals surface area contributed by atoms with Gasteiger partial charge in [0.15, 0.2) is 5.56 Å². The summed E-state index contributed by atoms with van der Waals surface area (Å²) >= 11 is 0. The number of rotatable bonds is 5. The van der Waals surface area contributed by atoms with E-state index < -0.39 is 22.8 Å². The van der Waals surface area contributed by atoms with Crippen molar-refractivity contribution in [2.45, 2.75) is 13.5 Å². The van der Waals surface area contributed by atoms with Crippen LogP contribution in [0.25, 0.3) is 22.2 Å². The van der Waals surface area contributed by atoms with Crippen LogP contribution in [0.2, 0.25) is 0 Å². The lowest BCUT2D eigenvalue weighted by atomic mass is 10.0. The van der Waals surface area contributed by atoms with Crippen molar-refractivity contribution < 1.29 is 19.0 Å². The van der Waals surface area contributed by atoms with E-state index >= 15 is 0 Å². The van der Waals surface area contributed by atoms with Gasteiger partial charge in [0.05, 0.1) is 18.5 Å². The summed E-state index contributed by atoms with van der Waals surface area (Å²) in [7, 11) is 0. The van der Waals surface area contributed by atoms with Crippen molar-refractivity contribution in [1.29, 1.82) is 0 Å². The van der Waals surface area contributed by atoms with Crippen molar-refractivity contribution in [2.75, 3.05) is 6.61 Å². The molecule has 0 atom stereocenters. The topological polar surface area (TPSA) is 94.3 Å². The molecule has 0 saturated heterocycles. The molecule has 156 valence electrons. The van der Waals surface area contributed by atoms with Crippen LogP contribution < -0.4 is 5.56 Å². The number of hydrogen-bond acceptors (Lipinski definition) is 6. The summed E-state index contributed by atoms with van der Waals surface area (Å²) in [6.45, 7) is 1.78. The average molecular weight is 419 g/mol. The lowest BCUT2D eigenvalue weighted by Gasteiger charge is -2.15. The van der Waals surface area contributed by atoms with Crippen LogP contribution in [-0.2, 0) is 11.3 Å². The number of aromatic hydroxyl groups is 1. The van der Waals surface area contributed by atoms with E-state index in [1.54, 1.807) is 49.6 Å². The summed E-state index contributed by atoms with van der Waals surface area (Å²) in [5.74, 6) is -1.79. The molecule has 0 unspecified atom stereocenters. The minimum Gasteiger partial charge on any atom is -0.506 e. The van der Waals surface area contributed by atoms with Gasteiger partial charge >= 0.3 is 5.97 Å². The highest BCUT2D eigenvalue weighted by Gasteiger charge is 2.24. The third kappa shape index (κ3) is 3.87. The molecule has 31 heavy (non-hydrogen) atoms. The Kier molecular flexibility index (Phi) is 5.44. The fourth-order valence-corrected chi connectivity index (χ4v) is 3.32. The summed E-state index contributed by atoms with van der Waals surface area (Å²) < 4.78 is 19.6. The zero-order valence-electron chi connectivity index (χ0n) is 16.6. The largest absolute Gasteiger partial charge is 0.506 e. The average Bonchev–Trinajstić information content (AvgIpc) is 2.78. The predicted octanol–water partition coefficient (Wildman–Crippen LogP) is 3.53. The molecule has 0 amide bonds. The second kappa shape index (κ2) is 8.35. The lowest BCUT2D eigenvalue weighted by molar-refractivity contribution is 0.0520. The summed E-state index contributed by atoms with van der Waals surface area (Å²) in [5.41, 5.74) is 1.07. The smallest absolute Gasteiger partial charge is 0.347 e. The van der Waals surface area contributed by atoms with Gasteiger partial charge in [0.1, 0.15) is 17.2 Å². The Balaban J connectivity index is 1.97. The van der Waals surface area contributed by atoms with E-state index in [9.17, 15) is 19.1 Å². The van der Waals surface area contributed by atoms with E-state index in [4.69, 9.17) is 4.74 Å². The second-order valence-electron chi connectivity index (χ2n) is 6.79. The molecule has 3 aromatic heterocycles. The van der Waals surface area contributed by atoms with Crippen molar-refractivity contribution in [1.82, 2.24) is 14.5 Å².